The molecular formula is C18H21FN4O2. The smallest absolute Gasteiger partial charge is 0.317 e. The summed E-state index contributed by atoms with van der Waals surface area (Å²) in [6, 6.07) is 6.69. The molecular weight excluding hydrogens is 323 g/mol. The van der Waals surface area contributed by atoms with Crippen LogP contribution in [0.15, 0.2) is 28.8 Å². The standard InChI is InChI=1S/C18H21FN4O2/c1-11-20-17(25-22-11)12-5-4-8-23(10-12)18(24)21-16-9-14(16)13-6-2-3-7-15(13)19/h2-3,6-7,12,14,16H,4-5,8-10H2,1H3,(H,21,24)/t12?,14-,16+/m0/s1. The first-order chi connectivity index (χ1) is 12.1. The summed E-state index contributed by atoms with van der Waals surface area (Å²) in [5.41, 5.74) is 0.686. The van der Waals surface area contributed by atoms with Gasteiger partial charge in [0, 0.05) is 25.0 Å². The minimum atomic E-state index is -0.200. The third-order valence-corrected chi connectivity index (χ3v) is 5.01. The molecule has 1 unspecified atom stereocenters. The van der Waals surface area contributed by atoms with Gasteiger partial charge in [0.1, 0.15) is 5.82 Å². The van der Waals surface area contributed by atoms with Crippen LogP contribution in [0.4, 0.5) is 9.18 Å². The van der Waals surface area contributed by atoms with E-state index in [0.29, 0.717) is 30.4 Å². The number of nitrogens with zero attached hydrogens (tertiary/aromatic N) is 3. The number of hydrogen-bond acceptors (Lipinski definition) is 4. The predicted octanol–water partition coefficient (Wildman–Crippen LogP) is 2.96. The van der Waals surface area contributed by atoms with E-state index in [-0.39, 0.29) is 29.7 Å². The molecule has 0 radical (unpaired) electrons. The molecule has 1 aliphatic heterocycles. The molecule has 2 heterocycles. The first-order valence-electron chi connectivity index (χ1n) is 8.72. The van der Waals surface area contributed by atoms with Crippen LogP contribution >= 0.6 is 0 Å². The minimum absolute atomic E-state index is 0.00965. The quantitative estimate of drug-likeness (QED) is 0.929. The van der Waals surface area contributed by atoms with Gasteiger partial charge >= 0.3 is 6.03 Å². The van der Waals surface area contributed by atoms with E-state index in [4.69, 9.17) is 4.52 Å². The molecule has 1 saturated heterocycles. The Labute approximate surface area is 145 Å². The molecule has 3 atom stereocenters. The largest absolute Gasteiger partial charge is 0.339 e. The Morgan fingerprint density at radius 3 is 3.00 bits per heavy atom. The Hall–Kier alpha value is -2.44. The summed E-state index contributed by atoms with van der Waals surface area (Å²) in [6.45, 7) is 3.08. The van der Waals surface area contributed by atoms with E-state index in [2.05, 4.69) is 15.5 Å². The second-order valence-electron chi connectivity index (χ2n) is 6.88. The number of amides is 2. The van der Waals surface area contributed by atoms with Gasteiger partial charge in [-0.25, -0.2) is 9.18 Å². The zero-order valence-electron chi connectivity index (χ0n) is 14.1. The highest BCUT2D eigenvalue weighted by atomic mass is 19.1. The van der Waals surface area contributed by atoms with Crippen LogP contribution in [0.2, 0.25) is 0 Å². The number of aryl methyl sites for hydroxylation is 1. The van der Waals surface area contributed by atoms with E-state index in [1.165, 1.54) is 6.07 Å². The van der Waals surface area contributed by atoms with E-state index in [9.17, 15) is 9.18 Å². The Balaban J connectivity index is 1.35. The highest BCUT2D eigenvalue weighted by molar-refractivity contribution is 5.75. The van der Waals surface area contributed by atoms with Crippen molar-refractivity contribution in [2.24, 2.45) is 0 Å². The maximum atomic E-state index is 13.8. The fourth-order valence-electron chi connectivity index (χ4n) is 3.57. The molecule has 1 N–H and O–H groups in total. The van der Waals surface area contributed by atoms with Gasteiger partial charge in [0.25, 0.3) is 0 Å². The average molecular weight is 344 g/mol. The molecule has 2 amide bonds. The van der Waals surface area contributed by atoms with Gasteiger partial charge < -0.3 is 14.7 Å². The van der Waals surface area contributed by atoms with Gasteiger partial charge in [0.05, 0.1) is 5.92 Å². The summed E-state index contributed by atoms with van der Waals surface area (Å²) < 4.78 is 19.1. The van der Waals surface area contributed by atoms with Crippen LogP contribution in [-0.4, -0.2) is 40.2 Å². The molecule has 25 heavy (non-hydrogen) atoms. The summed E-state index contributed by atoms with van der Waals surface area (Å²) in [5.74, 6) is 1.17. The first-order valence-corrected chi connectivity index (χ1v) is 8.72. The van der Waals surface area contributed by atoms with Crippen molar-refractivity contribution < 1.29 is 13.7 Å². The summed E-state index contributed by atoms with van der Waals surface area (Å²) in [5, 5.41) is 6.86. The van der Waals surface area contributed by atoms with Crippen molar-refractivity contribution in [3.8, 4) is 0 Å². The number of carbonyl (C=O) groups excluding carboxylic acids is 1. The fraction of sp³-hybridized carbons (Fsp3) is 0.500. The van der Waals surface area contributed by atoms with Gasteiger partial charge in [0.15, 0.2) is 5.82 Å². The van der Waals surface area contributed by atoms with Crippen LogP contribution in [0.5, 0.6) is 0 Å². The van der Waals surface area contributed by atoms with Crippen molar-refractivity contribution in [2.75, 3.05) is 13.1 Å². The molecule has 0 spiro atoms. The third kappa shape index (κ3) is 3.36. The Morgan fingerprint density at radius 2 is 2.24 bits per heavy atom. The Bertz CT molecular complexity index is 778. The van der Waals surface area contributed by atoms with Crippen LogP contribution in [0.1, 0.15) is 48.4 Å². The normalized spacial score (nSPS) is 25.7. The van der Waals surface area contributed by atoms with Gasteiger partial charge in [-0.05, 0) is 37.8 Å². The number of aromatic nitrogens is 2. The lowest BCUT2D eigenvalue weighted by Gasteiger charge is -2.31. The van der Waals surface area contributed by atoms with E-state index < -0.39 is 0 Å². The predicted molar refractivity (Wildman–Crippen MR) is 88.7 cm³/mol. The van der Waals surface area contributed by atoms with Crippen molar-refractivity contribution in [1.29, 1.82) is 0 Å². The first kappa shape index (κ1) is 16.1. The monoisotopic (exact) mass is 344 g/mol. The van der Waals surface area contributed by atoms with Crippen molar-refractivity contribution in [3.63, 3.8) is 0 Å². The Morgan fingerprint density at radius 1 is 1.40 bits per heavy atom. The van der Waals surface area contributed by atoms with Gasteiger partial charge in [-0.3, -0.25) is 0 Å². The van der Waals surface area contributed by atoms with Crippen LogP contribution in [0, 0.1) is 12.7 Å². The number of benzene rings is 1. The lowest BCUT2D eigenvalue weighted by molar-refractivity contribution is 0.171. The highest BCUT2D eigenvalue weighted by Gasteiger charge is 2.42. The van der Waals surface area contributed by atoms with Crippen molar-refractivity contribution >= 4 is 6.03 Å². The van der Waals surface area contributed by atoms with E-state index in [0.717, 1.165) is 19.3 Å². The topological polar surface area (TPSA) is 71.3 Å². The summed E-state index contributed by atoms with van der Waals surface area (Å²) in [4.78, 5) is 18.6. The van der Waals surface area contributed by atoms with E-state index >= 15 is 0 Å². The van der Waals surface area contributed by atoms with Crippen LogP contribution in [0.25, 0.3) is 0 Å². The molecule has 7 heteroatoms. The van der Waals surface area contributed by atoms with E-state index in [1.807, 2.05) is 6.07 Å². The second-order valence-corrected chi connectivity index (χ2v) is 6.88. The number of piperidine rings is 1. The third-order valence-electron chi connectivity index (χ3n) is 5.01. The molecule has 132 valence electrons. The van der Waals surface area contributed by atoms with Crippen molar-refractivity contribution in [2.45, 2.75) is 44.1 Å². The Kier molecular flexibility index (Phi) is 4.15. The van der Waals surface area contributed by atoms with Crippen LogP contribution in [-0.2, 0) is 0 Å². The molecule has 1 aromatic heterocycles. The van der Waals surface area contributed by atoms with Crippen molar-refractivity contribution in [3.05, 3.63) is 47.4 Å². The zero-order chi connectivity index (χ0) is 17.4. The molecule has 2 fully saturated rings. The number of urea groups is 1. The molecule has 1 aromatic carbocycles. The van der Waals surface area contributed by atoms with Gasteiger partial charge in [-0.2, -0.15) is 4.98 Å². The molecule has 1 aliphatic carbocycles. The molecule has 2 aromatic rings. The van der Waals surface area contributed by atoms with Gasteiger partial charge in [-0.1, -0.05) is 23.4 Å². The molecule has 2 aliphatic rings. The SMILES string of the molecule is Cc1noc(C2CCCN(C(=O)N[C@@H]3C[C@H]3c3ccccc3F)C2)n1. The lowest BCUT2D eigenvalue weighted by Crippen LogP contribution is -2.46. The zero-order valence-corrected chi connectivity index (χ0v) is 14.1. The second kappa shape index (κ2) is 6.46. The number of likely N-dealkylation sites (tertiary alicyclic amines) is 1. The molecule has 1 saturated carbocycles. The molecule has 6 nitrogen and oxygen atoms in total. The highest BCUT2D eigenvalue weighted by Crippen LogP contribution is 2.42. The summed E-state index contributed by atoms with van der Waals surface area (Å²) >= 11 is 0. The van der Waals surface area contributed by atoms with Crippen molar-refractivity contribution in [1.82, 2.24) is 20.4 Å². The lowest BCUT2D eigenvalue weighted by atomic mass is 9.98. The maximum Gasteiger partial charge on any atom is 0.317 e. The van der Waals surface area contributed by atoms with Gasteiger partial charge in [-0.15, -0.1) is 0 Å². The van der Waals surface area contributed by atoms with Crippen LogP contribution < -0.4 is 5.32 Å². The molecule has 0 bridgehead atoms. The van der Waals surface area contributed by atoms with E-state index in [1.54, 1.807) is 24.0 Å². The summed E-state index contributed by atoms with van der Waals surface area (Å²) in [6.07, 6.45) is 2.63. The summed E-state index contributed by atoms with van der Waals surface area (Å²) in [7, 11) is 0. The maximum absolute atomic E-state index is 13.8. The minimum Gasteiger partial charge on any atom is -0.339 e. The number of carbonyl (C=O) groups is 1. The van der Waals surface area contributed by atoms with Crippen LogP contribution in [0.3, 0.4) is 0 Å². The number of nitrogens with one attached hydrogen (secondary N) is 1. The molecule has 4 rings (SSSR count). The number of rotatable bonds is 3. The van der Waals surface area contributed by atoms with Gasteiger partial charge in [0.2, 0.25) is 5.89 Å². The number of hydrogen-bond donors (Lipinski definition) is 1. The fourth-order valence-corrected chi connectivity index (χ4v) is 3.57. The average Bonchev–Trinajstić information content (AvgIpc) is 3.23. The number of halogens is 1.